The zero-order valence-corrected chi connectivity index (χ0v) is 20.7. The second-order valence-electron chi connectivity index (χ2n) is 8.72. The Bertz CT molecular complexity index is 1360. The van der Waals surface area contributed by atoms with E-state index in [0.29, 0.717) is 34.6 Å². The predicted molar refractivity (Wildman–Crippen MR) is 138 cm³/mol. The van der Waals surface area contributed by atoms with Gasteiger partial charge in [-0.25, -0.2) is 14.8 Å². The Kier molecular flexibility index (Phi) is 7.41. The van der Waals surface area contributed by atoms with Crippen LogP contribution in [0.4, 0.5) is 5.82 Å². The first-order valence-corrected chi connectivity index (χ1v) is 11.9. The summed E-state index contributed by atoms with van der Waals surface area (Å²) in [6, 6.07) is 15.0. The molecular formula is C27H31N5O3. The van der Waals surface area contributed by atoms with Gasteiger partial charge in [0, 0.05) is 18.7 Å². The van der Waals surface area contributed by atoms with Gasteiger partial charge in [0.2, 0.25) is 0 Å². The van der Waals surface area contributed by atoms with Gasteiger partial charge < -0.3 is 19.5 Å². The van der Waals surface area contributed by atoms with Gasteiger partial charge in [0.1, 0.15) is 16.9 Å². The largest absolute Gasteiger partial charge is 0.462 e. The lowest BCUT2D eigenvalue weighted by Gasteiger charge is -2.13. The Morgan fingerprint density at radius 2 is 1.69 bits per heavy atom. The summed E-state index contributed by atoms with van der Waals surface area (Å²) in [6.45, 7) is 5.42. The molecule has 0 saturated carbocycles. The molecule has 0 fully saturated rings. The molecule has 1 amide bonds. The van der Waals surface area contributed by atoms with Gasteiger partial charge in [-0.15, -0.1) is 0 Å². The molecule has 2 heterocycles. The lowest BCUT2D eigenvalue weighted by molar-refractivity contribution is 0.0529. The number of hydrogen-bond acceptors (Lipinski definition) is 6. The number of esters is 1. The first kappa shape index (κ1) is 24.3. The first-order valence-electron chi connectivity index (χ1n) is 11.9. The molecule has 0 unspecified atom stereocenters. The highest BCUT2D eigenvalue weighted by molar-refractivity contribution is 6.13. The zero-order valence-electron chi connectivity index (χ0n) is 20.7. The minimum atomic E-state index is -0.533. The number of nitrogens with zero attached hydrogens (tertiary/aromatic N) is 4. The third-order valence-electron chi connectivity index (χ3n) is 5.71. The fourth-order valence-corrected chi connectivity index (χ4v) is 4.07. The smallest absolute Gasteiger partial charge is 0.344 e. The van der Waals surface area contributed by atoms with Gasteiger partial charge in [-0.05, 0) is 57.3 Å². The van der Waals surface area contributed by atoms with Crippen LogP contribution in [0.3, 0.4) is 0 Å². The van der Waals surface area contributed by atoms with Gasteiger partial charge in [0.25, 0.3) is 5.91 Å². The molecule has 4 rings (SSSR count). The average molecular weight is 474 g/mol. The molecule has 0 spiro atoms. The van der Waals surface area contributed by atoms with Crippen molar-refractivity contribution in [1.82, 2.24) is 19.4 Å². The maximum Gasteiger partial charge on any atom is 0.344 e. The van der Waals surface area contributed by atoms with E-state index in [-0.39, 0.29) is 18.1 Å². The molecule has 0 aliphatic rings. The third kappa shape index (κ3) is 5.17. The minimum absolute atomic E-state index is 0.211. The highest BCUT2D eigenvalue weighted by Gasteiger charge is 2.28. The van der Waals surface area contributed by atoms with E-state index in [1.54, 1.807) is 19.1 Å². The van der Waals surface area contributed by atoms with Crippen LogP contribution >= 0.6 is 0 Å². The Morgan fingerprint density at radius 3 is 2.31 bits per heavy atom. The van der Waals surface area contributed by atoms with E-state index < -0.39 is 5.97 Å². The molecule has 0 aliphatic heterocycles. The number of hydrogen-bond donors (Lipinski definition) is 1. The second kappa shape index (κ2) is 10.7. The summed E-state index contributed by atoms with van der Waals surface area (Å²) >= 11 is 0. The van der Waals surface area contributed by atoms with Crippen LogP contribution in [0.1, 0.15) is 53.0 Å². The van der Waals surface area contributed by atoms with Crippen molar-refractivity contribution in [2.75, 3.05) is 26.0 Å². The van der Waals surface area contributed by atoms with Crippen molar-refractivity contribution in [2.45, 2.75) is 39.8 Å². The molecule has 182 valence electrons. The number of ether oxygens (including phenoxy) is 1. The molecule has 0 radical (unpaired) electrons. The second-order valence-corrected chi connectivity index (χ2v) is 8.72. The van der Waals surface area contributed by atoms with E-state index in [0.717, 1.165) is 30.5 Å². The summed E-state index contributed by atoms with van der Waals surface area (Å²) in [5, 5.41) is 2.98. The molecule has 1 N–H and O–H groups in total. The van der Waals surface area contributed by atoms with E-state index in [1.807, 2.05) is 55.1 Å². The number of fused-ring (bicyclic) bond motifs is 2. The van der Waals surface area contributed by atoms with Crippen molar-refractivity contribution >= 4 is 39.9 Å². The maximum absolute atomic E-state index is 13.3. The molecule has 35 heavy (non-hydrogen) atoms. The number of amides is 1. The Morgan fingerprint density at radius 1 is 1.00 bits per heavy atom. The van der Waals surface area contributed by atoms with Crippen LogP contribution in [0.15, 0.2) is 48.5 Å². The number of carbonyl (C=O) groups is 2. The van der Waals surface area contributed by atoms with Crippen molar-refractivity contribution in [2.24, 2.45) is 0 Å². The summed E-state index contributed by atoms with van der Waals surface area (Å²) in [5.74, 6) is -0.476. The number of aromatic nitrogens is 3. The number of anilines is 1. The molecule has 8 nitrogen and oxygen atoms in total. The lowest BCUT2D eigenvalue weighted by atomic mass is 10.1. The van der Waals surface area contributed by atoms with E-state index >= 15 is 0 Å². The molecule has 2 aromatic heterocycles. The Balaban J connectivity index is 1.83. The third-order valence-corrected chi connectivity index (χ3v) is 5.71. The van der Waals surface area contributed by atoms with E-state index in [1.165, 1.54) is 0 Å². The Hall–Kier alpha value is -3.78. The van der Waals surface area contributed by atoms with E-state index in [4.69, 9.17) is 14.7 Å². The maximum atomic E-state index is 13.3. The van der Waals surface area contributed by atoms with Gasteiger partial charge in [0.15, 0.2) is 5.65 Å². The molecule has 0 atom stereocenters. The average Bonchev–Trinajstić information content (AvgIpc) is 3.13. The van der Waals surface area contributed by atoms with Gasteiger partial charge in [-0.2, -0.15) is 0 Å². The topological polar surface area (TPSA) is 89.4 Å². The number of benzene rings is 2. The number of unbranched alkanes of at least 4 members (excludes halogenated alkanes) is 1. The van der Waals surface area contributed by atoms with Crippen LogP contribution in [-0.2, 0) is 17.8 Å². The molecular weight excluding hydrogens is 442 g/mol. The number of carbonyl (C=O) groups excluding carboxylic acids is 2. The molecule has 0 saturated heterocycles. The van der Waals surface area contributed by atoms with Crippen molar-refractivity contribution in [3.63, 3.8) is 0 Å². The number of para-hydroxylation sites is 2. The van der Waals surface area contributed by atoms with Crippen molar-refractivity contribution in [3.05, 3.63) is 65.2 Å². The van der Waals surface area contributed by atoms with Gasteiger partial charge in [-0.1, -0.05) is 37.6 Å². The quantitative estimate of drug-likeness (QED) is 0.349. The highest BCUT2D eigenvalue weighted by atomic mass is 16.5. The normalized spacial score (nSPS) is 11.3. The minimum Gasteiger partial charge on any atom is -0.462 e. The summed E-state index contributed by atoms with van der Waals surface area (Å²) < 4.78 is 7.25. The van der Waals surface area contributed by atoms with Crippen LogP contribution in [0.2, 0.25) is 0 Å². The first-order chi connectivity index (χ1) is 16.9. The predicted octanol–water partition coefficient (Wildman–Crippen LogP) is 4.88. The van der Waals surface area contributed by atoms with E-state index in [2.05, 4.69) is 17.1 Å². The molecule has 0 aliphatic carbocycles. The molecule has 8 heteroatoms. The number of nitrogens with one attached hydrogen (secondary N) is 1. The Labute approximate surface area is 204 Å². The zero-order chi connectivity index (χ0) is 24.9. The van der Waals surface area contributed by atoms with Crippen LogP contribution in [0, 0.1) is 0 Å². The summed E-state index contributed by atoms with van der Waals surface area (Å²) in [4.78, 5) is 38.0. The van der Waals surface area contributed by atoms with Gasteiger partial charge >= 0.3 is 5.97 Å². The van der Waals surface area contributed by atoms with Crippen molar-refractivity contribution in [1.29, 1.82) is 0 Å². The fourth-order valence-electron chi connectivity index (χ4n) is 4.07. The van der Waals surface area contributed by atoms with Gasteiger partial charge in [0.05, 0.1) is 17.6 Å². The lowest BCUT2D eigenvalue weighted by Crippen LogP contribution is -2.18. The summed E-state index contributed by atoms with van der Waals surface area (Å²) in [6.07, 6.45) is 1.79. The fraction of sp³-hybridized carbons (Fsp3) is 0.333. The molecule has 4 aromatic rings. The number of aryl methyl sites for hydroxylation is 1. The molecule has 2 aromatic carbocycles. The summed E-state index contributed by atoms with van der Waals surface area (Å²) in [5.41, 5.74) is 4.21. The highest BCUT2D eigenvalue weighted by Crippen LogP contribution is 2.31. The number of rotatable bonds is 9. The SMILES string of the molecule is CCCCn1c(NC(=O)c2ccc(CN(C)C)cc2)c(C(=O)OCC)c2nc3ccccc3nc21. The van der Waals surface area contributed by atoms with Crippen LogP contribution in [0.5, 0.6) is 0 Å². The monoisotopic (exact) mass is 473 g/mol. The van der Waals surface area contributed by atoms with E-state index in [9.17, 15) is 9.59 Å². The summed E-state index contributed by atoms with van der Waals surface area (Å²) in [7, 11) is 4.00. The van der Waals surface area contributed by atoms with Crippen LogP contribution < -0.4 is 5.32 Å². The molecule has 0 bridgehead atoms. The van der Waals surface area contributed by atoms with Crippen molar-refractivity contribution in [3.8, 4) is 0 Å². The van der Waals surface area contributed by atoms with Crippen molar-refractivity contribution < 1.29 is 14.3 Å². The van der Waals surface area contributed by atoms with Gasteiger partial charge in [-0.3, -0.25) is 4.79 Å². The van der Waals surface area contributed by atoms with Crippen LogP contribution in [0.25, 0.3) is 22.2 Å². The van der Waals surface area contributed by atoms with Crippen LogP contribution in [-0.4, -0.2) is 52.0 Å². The standard InChI is InChI=1S/C27H31N5O3/c1-5-7-16-32-24(30-26(33)19-14-12-18(13-15-19)17-31(3)4)22(27(34)35-6-2)23-25(32)29-21-11-9-8-10-20(21)28-23/h8-15H,5-7,16-17H2,1-4H3,(H,30,33).